The summed E-state index contributed by atoms with van der Waals surface area (Å²) < 4.78 is 1.99. The Balaban J connectivity index is 1.58. The van der Waals surface area contributed by atoms with Crippen molar-refractivity contribution in [3.8, 4) is 0 Å². The Morgan fingerprint density at radius 2 is 2.11 bits per heavy atom. The summed E-state index contributed by atoms with van der Waals surface area (Å²) in [5.41, 5.74) is 1.30. The van der Waals surface area contributed by atoms with Crippen LogP contribution in [0.15, 0.2) is 12.4 Å². The summed E-state index contributed by atoms with van der Waals surface area (Å²) >= 11 is 0. The van der Waals surface area contributed by atoms with Gasteiger partial charge in [0.25, 0.3) is 0 Å². The van der Waals surface area contributed by atoms with E-state index in [1.54, 1.807) is 0 Å². The minimum Gasteiger partial charge on any atom is -0.313 e. The molecule has 1 fully saturated rings. The molecule has 1 aliphatic carbocycles. The van der Waals surface area contributed by atoms with Gasteiger partial charge in [0.2, 0.25) is 0 Å². The van der Waals surface area contributed by atoms with Crippen molar-refractivity contribution in [1.82, 2.24) is 15.1 Å². The molecule has 0 spiro atoms. The number of nitrogens with one attached hydrogen (secondary N) is 1. The van der Waals surface area contributed by atoms with Gasteiger partial charge in [0.15, 0.2) is 0 Å². The number of nitrogens with zero attached hydrogens (tertiary/aromatic N) is 2. The Labute approximate surface area is 111 Å². The summed E-state index contributed by atoms with van der Waals surface area (Å²) in [6, 6.07) is 0. The highest BCUT2D eigenvalue weighted by Crippen LogP contribution is 2.29. The van der Waals surface area contributed by atoms with Crippen molar-refractivity contribution >= 4 is 0 Å². The number of rotatable bonds is 6. The Morgan fingerprint density at radius 3 is 2.78 bits per heavy atom. The first-order valence-corrected chi connectivity index (χ1v) is 7.50. The monoisotopic (exact) mass is 249 g/mol. The van der Waals surface area contributed by atoms with E-state index < -0.39 is 0 Å². The summed E-state index contributed by atoms with van der Waals surface area (Å²) in [5.74, 6) is 1.93. The SMILES string of the molecule is CCn1cc(CNCCC2CCC(C)CC2)cn1. The molecular weight excluding hydrogens is 222 g/mol. The highest BCUT2D eigenvalue weighted by atomic mass is 15.3. The first kappa shape index (κ1) is 13.6. The average molecular weight is 249 g/mol. The Kier molecular flexibility index (Phi) is 5.24. The van der Waals surface area contributed by atoms with Gasteiger partial charge >= 0.3 is 0 Å². The molecule has 0 bridgehead atoms. The van der Waals surface area contributed by atoms with Gasteiger partial charge in [-0.3, -0.25) is 4.68 Å². The van der Waals surface area contributed by atoms with Crippen LogP contribution < -0.4 is 5.32 Å². The summed E-state index contributed by atoms with van der Waals surface area (Å²) in [6.07, 6.45) is 11.2. The number of aromatic nitrogens is 2. The molecule has 1 heterocycles. The lowest BCUT2D eigenvalue weighted by Crippen LogP contribution is -2.20. The lowest BCUT2D eigenvalue weighted by Gasteiger charge is -2.26. The molecule has 1 aromatic heterocycles. The van der Waals surface area contributed by atoms with E-state index in [0.29, 0.717) is 0 Å². The van der Waals surface area contributed by atoms with Crippen LogP contribution in [0.5, 0.6) is 0 Å². The van der Waals surface area contributed by atoms with Crippen LogP contribution in [0.3, 0.4) is 0 Å². The zero-order chi connectivity index (χ0) is 12.8. The van der Waals surface area contributed by atoms with E-state index in [-0.39, 0.29) is 0 Å². The van der Waals surface area contributed by atoms with Crippen LogP contribution in [0.25, 0.3) is 0 Å². The van der Waals surface area contributed by atoms with Crippen molar-refractivity contribution < 1.29 is 0 Å². The minimum atomic E-state index is 0.959. The number of hydrogen-bond acceptors (Lipinski definition) is 2. The zero-order valence-corrected chi connectivity index (χ0v) is 11.9. The van der Waals surface area contributed by atoms with Gasteiger partial charge in [0, 0.05) is 24.8 Å². The van der Waals surface area contributed by atoms with Crippen LogP contribution in [-0.2, 0) is 13.1 Å². The van der Waals surface area contributed by atoms with E-state index in [1.807, 2.05) is 10.9 Å². The van der Waals surface area contributed by atoms with Crippen LogP contribution in [0.2, 0.25) is 0 Å². The highest BCUT2D eigenvalue weighted by molar-refractivity contribution is 5.03. The van der Waals surface area contributed by atoms with Crippen LogP contribution >= 0.6 is 0 Å². The molecular formula is C15H27N3. The van der Waals surface area contributed by atoms with Gasteiger partial charge in [-0.2, -0.15) is 5.10 Å². The van der Waals surface area contributed by atoms with E-state index in [9.17, 15) is 0 Å². The number of aryl methyl sites for hydroxylation is 1. The van der Waals surface area contributed by atoms with Gasteiger partial charge in [-0.15, -0.1) is 0 Å². The second-order valence-electron chi connectivity index (χ2n) is 5.80. The summed E-state index contributed by atoms with van der Waals surface area (Å²) in [7, 11) is 0. The molecule has 102 valence electrons. The first-order valence-electron chi connectivity index (χ1n) is 7.50. The summed E-state index contributed by atoms with van der Waals surface area (Å²) in [6.45, 7) is 7.58. The second kappa shape index (κ2) is 6.93. The largest absolute Gasteiger partial charge is 0.313 e. The van der Waals surface area contributed by atoms with E-state index in [4.69, 9.17) is 0 Å². The smallest absolute Gasteiger partial charge is 0.0534 e. The standard InChI is InChI=1S/C15H27N3/c1-3-18-12-15(11-17-18)10-16-9-8-14-6-4-13(2)5-7-14/h11-14,16H,3-10H2,1-2H3. The predicted octanol–water partition coefficient (Wildman–Crippen LogP) is 3.21. The highest BCUT2D eigenvalue weighted by Gasteiger charge is 2.17. The van der Waals surface area contributed by atoms with Gasteiger partial charge < -0.3 is 5.32 Å². The maximum absolute atomic E-state index is 4.29. The maximum atomic E-state index is 4.29. The molecule has 1 saturated carbocycles. The summed E-state index contributed by atoms with van der Waals surface area (Å²) in [5, 5.41) is 7.83. The third kappa shape index (κ3) is 4.13. The van der Waals surface area contributed by atoms with Gasteiger partial charge in [-0.1, -0.05) is 32.6 Å². The molecule has 1 aliphatic rings. The van der Waals surface area contributed by atoms with Crippen molar-refractivity contribution in [2.75, 3.05) is 6.54 Å². The molecule has 0 aromatic carbocycles. The zero-order valence-electron chi connectivity index (χ0n) is 11.9. The molecule has 0 radical (unpaired) electrons. The van der Waals surface area contributed by atoms with Crippen molar-refractivity contribution in [2.24, 2.45) is 11.8 Å². The molecule has 18 heavy (non-hydrogen) atoms. The van der Waals surface area contributed by atoms with Gasteiger partial charge in [-0.05, 0) is 31.7 Å². The lowest BCUT2D eigenvalue weighted by molar-refractivity contribution is 0.275. The molecule has 1 aromatic rings. The Morgan fingerprint density at radius 1 is 1.33 bits per heavy atom. The van der Waals surface area contributed by atoms with E-state index in [0.717, 1.165) is 31.5 Å². The molecule has 0 amide bonds. The molecule has 0 aliphatic heterocycles. The first-order chi connectivity index (χ1) is 8.78. The minimum absolute atomic E-state index is 0.959. The second-order valence-corrected chi connectivity index (χ2v) is 5.80. The molecule has 3 heteroatoms. The van der Waals surface area contributed by atoms with Crippen LogP contribution in [-0.4, -0.2) is 16.3 Å². The topological polar surface area (TPSA) is 29.9 Å². The Hall–Kier alpha value is -0.830. The molecule has 3 nitrogen and oxygen atoms in total. The molecule has 2 rings (SSSR count). The van der Waals surface area contributed by atoms with Crippen molar-refractivity contribution in [2.45, 2.75) is 59.0 Å². The van der Waals surface area contributed by atoms with E-state index in [2.05, 4.69) is 30.5 Å². The van der Waals surface area contributed by atoms with Gasteiger partial charge in [-0.25, -0.2) is 0 Å². The fourth-order valence-electron chi connectivity index (χ4n) is 2.83. The quantitative estimate of drug-likeness (QED) is 0.785. The van der Waals surface area contributed by atoms with Crippen LogP contribution in [0.1, 0.15) is 51.5 Å². The van der Waals surface area contributed by atoms with Crippen molar-refractivity contribution in [3.05, 3.63) is 18.0 Å². The van der Waals surface area contributed by atoms with Crippen molar-refractivity contribution in [1.29, 1.82) is 0 Å². The van der Waals surface area contributed by atoms with Gasteiger partial charge in [0.05, 0.1) is 6.20 Å². The fourth-order valence-corrected chi connectivity index (χ4v) is 2.83. The van der Waals surface area contributed by atoms with Crippen LogP contribution in [0.4, 0.5) is 0 Å². The van der Waals surface area contributed by atoms with E-state index in [1.165, 1.54) is 37.7 Å². The third-order valence-corrected chi connectivity index (χ3v) is 4.20. The number of hydrogen-bond donors (Lipinski definition) is 1. The molecule has 0 saturated heterocycles. The van der Waals surface area contributed by atoms with Crippen molar-refractivity contribution in [3.63, 3.8) is 0 Å². The summed E-state index contributed by atoms with van der Waals surface area (Å²) in [4.78, 5) is 0. The molecule has 1 N–H and O–H groups in total. The predicted molar refractivity (Wildman–Crippen MR) is 75.3 cm³/mol. The van der Waals surface area contributed by atoms with Crippen LogP contribution in [0, 0.1) is 11.8 Å². The maximum Gasteiger partial charge on any atom is 0.0534 e. The normalized spacial score (nSPS) is 24.3. The lowest BCUT2D eigenvalue weighted by atomic mass is 9.81. The van der Waals surface area contributed by atoms with Gasteiger partial charge in [0.1, 0.15) is 0 Å². The third-order valence-electron chi connectivity index (χ3n) is 4.20. The molecule has 0 atom stereocenters. The van der Waals surface area contributed by atoms with E-state index >= 15 is 0 Å². The average Bonchev–Trinajstić information content (AvgIpc) is 2.85. The Bertz CT molecular complexity index is 337. The molecule has 0 unspecified atom stereocenters. The fraction of sp³-hybridized carbons (Fsp3) is 0.800.